The number of methoxy groups -OCH3 is 1. The number of esters is 1. The molecule has 1 aliphatic heterocycles. The van der Waals surface area contributed by atoms with Crippen LogP contribution in [-0.4, -0.2) is 58.8 Å². The number of anilines is 1. The molecule has 1 aliphatic rings. The van der Waals surface area contributed by atoms with Crippen LogP contribution in [0.4, 0.5) is 19.0 Å². The number of aromatic nitrogens is 3. The van der Waals surface area contributed by atoms with E-state index in [1.807, 2.05) is 11.8 Å². The van der Waals surface area contributed by atoms with Crippen LogP contribution in [0.1, 0.15) is 28.6 Å². The number of hydrogen-bond acceptors (Lipinski definition) is 7. The largest absolute Gasteiger partial charge is 0.463 e. The average molecular weight is 449 g/mol. The highest BCUT2D eigenvalue weighted by atomic mass is 19.4. The standard InChI is InChI=1S/C21H22F3N5O3/c1-13-11-28(7-8-29(13)18-6-3-15(10-25-18)21(22,23)24)12-14-9-26-27-19(14)16-4-5-17(32-16)20(30)31-2/h3-6,9-10,13H,7-8,11-12H2,1-2H3,(H,26,27)/t13-/m1/s1. The average Bonchev–Trinajstić information content (AvgIpc) is 3.42. The van der Waals surface area contributed by atoms with Crippen molar-refractivity contribution in [3.05, 3.63) is 53.5 Å². The summed E-state index contributed by atoms with van der Waals surface area (Å²) in [4.78, 5) is 19.9. The van der Waals surface area contributed by atoms with Gasteiger partial charge in [-0.1, -0.05) is 0 Å². The molecule has 3 aromatic heterocycles. The first kappa shape index (κ1) is 21.9. The molecule has 32 heavy (non-hydrogen) atoms. The van der Waals surface area contributed by atoms with Crippen molar-refractivity contribution < 1.29 is 27.1 Å². The van der Waals surface area contributed by atoms with Crippen molar-refractivity contribution >= 4 is 11.8 Å². The van der Waals surface area contributed by atoms with E-state index in [9.17, 15) is 18.0 Å². The quantitative estimate of drug-likeness (QED) is 0.596. The van der Waals surface area contributed by atoms with Gasteiger partial charge in [-0.05, 0) is 31.2 Å². The predicted octanol–water partition coefficient (Wildman–Crippen LogP) is 3.58. The zero-order chi connectivity index (χ0) is 22.9. The Morgan fingerprint density at radius 3 is 2.72 bits per heavy atom. The maximum Gasteiger partial charge on any atom is 0.417 e. The zero-order valence-corrected chi connectivity index (χ0v) is 17.5. The van der Waals surface area contributed by atoms with Gasteiger partial charge in [0.2, 0.25) is 5.76 Å². The summed E-state index contributed by atoms with van der Waals surface area (Å²) in [6.07, 6.45) is -1.81. The third-order valence-electron chi connectivity index (χ3n) is 5.43. The fourth-order valence-electron chi connectivity index (χ4n) is 3.81. The molecule has 0 bridgehead atoms. The monoisotopic (exact) mass is 449 g/mol. The number of carbonyl (C=O) groups excluding carboxylic acids is 1. The highest BCUT2D eigenvalue weighted by Crippen LogP contribution is 2.30. The molecule has 170 valence electrons. The predicted molar refractivity (Wildman–Crippen MR) is 109 cm³/mol. The summed E-state index contributed by atoms with van der Waals surface area (Å²) in [7, 11) is 1.28. The molecule has 11 heteroatoms. The van der Waals surface area contributed by atoms with Crippen LogP contribution in [0.25, 0.3) is 11.5 Å². The van der Waals surface area contributed by atoms with Gasteiger partial charge in [0, 0.05) is 44.0 Å². The van der Waals surface area contributed by atoms with Crippen LogP contribution < -0.4 is 4.90 Å². The van der Waals surface area contributed by atoms with Crippen LogP contribution in [0.2, 0.25) is 0 Å². The number of alkyl halides is 3. The van der Waals surface area contributed by atoms with Crippen LogP contribution >= 0.6 is 0 Å². The van der Waals surface area contributed by atoms with Gasteiger partial charge in [0.1, 0.15) is 11.5 Å². The molecule has 1 N–H and O–H groups in total. The minimum absolute atomic E-state index is 0.0536. The Balaban J connectivity index is 1.42. The van der Waals surface area contributed by atoms with E-state index in [-0.39, 0.29) is 11.8 Å². The molecule has 3 aromatic rings. The number of rotatable bonds is 5. The Hall–Kier alpha value is -3.34. The van der Waals surface area contributed by atoms with Crippen LogP contribution in [0, 0.1) is 0 Å². The highest BCUT2D eigenvalue weighted by Gasteiger charge is 2.32. The summed E-state index contributed by atoms with van der Waals surface area (Å²) < 4.78 is 48.6. The molecule has 0 aromatic carbocycles. The number of piperazine rings is 1. The lowest BCUT2D eigenvalue weighted by Gasteiger charge is -2.40. The van der Waals surface area contributed by atoms with Gasteiger partial charge >= 0.3 is 12.1 Å². The van der Waals surface area contributed by atoms with E-state index < -0.39 is 17.7 Å². The van der Waals surface area contributed by atoms with Gasteiger partial charge in [-0.3, -0.25) is 10.00 Å². The van der Waals surface area contributed by atoms with Crippen LogP contribution in [0.15, 0.2) is 41.1 Å². The van der Waals surface area contributed by atoms with Crippen LogP contribution in [0.5, 0.6) is 0 Å². The van der Waals surface area contributed by atoms with Crippen molar-refractivity contribution in [1.82, 2.24) is 20.1 Å². The summed E-state index contributed by atoms with van der Waals surface area (Å²) in [5, 5.41) is 7.02. The van der Waals surface area contributed by atoms with Crippen molar-refractivity contribution in [2.75, 3.05) is 31.6 Å². The number of carbonyl (C=O) groups is 1. The maximum absolute atomic E-state index is 12.8. The van der Waals surface area contributed by atoms with Gasteiger partial charge in [-0.2, -0.15) is 18.3 Å². The molecule has 0 radical (unpaired) electrons. The van der Waals surface area contributed by atoms with Gasteiger partial charge < -0.3 is 14.1 Å². The smallest absolute Gasteiger partial charge is 0.417 e. The lowest BCUT2D eigenvalue weighted by atomic mass is 10.1. The van der Waals surface area contributed by atoms with E-state index in [0.29, 0.717) is 43.5 Å². The summed E-state index contributed by atoms with van der Waals surface area (Å²) in [5.74, 6) is 0.562. The minimum atomic E-state index is -4.40. The fraction of sp³-hybridized carbons (Fsp3) is 0.381. The molecule has 1 saturated heterocycles. The molecule has 0 saturated carbocycles. The van der Waals surface area contributed by atoms with Crippen LogP contribution in [-0.2, 0) is 17.5 Å². The molecule has 4 heterocycles. The Labute approximate surface area is 182 Å². The SMILES string of the molecule is COC(=O)c1ccc(-c2[nH]ncc2CN2CCN(c3ccc(C(F)(F)F)cn3)[C@H](C)C2)o1. The molecule has 1 atom stereocenters. The van der Waals surface area contributed by atoms with E-state index in [1.165, 1.54) is 13.2 Å². The first-order chi connectivity index (χ1) is 15.3. The van der Waals surface area contributed by atoms with Crippen molar-refractivity contribution in [2.45, 2.75) is 25.7 Å². The number of H-pyrrole nitrogens is 1. The Bertz CT molecular complexity index is 1080. The van der Waals surface area contributed by atoms with Gasteiger partial charge in [-0.25, -0.2) is 9.78 Å². The van der Waals surface area contributed by atoms with Crippen molar-refractivity contribution in [1.29, 1.82) is 0 Å². The van der Waals surface area contributed by atoms with Gasteiger partial charge in [0.25, 0.3) is 0 Å². The van der Waals surface area contributed by atoms with E-state index in [2.05, 4.69) is 24.8 Å². The molecular weight excluding hydrogens is 427 g/mol. The molecule has 8 nitrogen and oxygen atoms in total. The summed E-state index contributed by atoms with van der Waals surface area (Å²) in [6.45, 7) is 4.62. The van der Waals surface area contributed by atoms with Gasteiger partial charge in [-0.15, -0.1) is 0 Å². The fourth-order valence-corrected chi connectivity index (χ4v) is 3.81. The number of nitrogens with one attached hydrogen (secondary N) is 1. The second-order valence-corrected chi connectivity index (χ2v) is 7.61. The topological polar surface area (TPSA) is 87.5 Å². The molecule has 1 fully saturated rings. The number of hydrogen-bond donors (Lipinski definition) is 1. The van der Waals surface area contributed by atoms with E-state index in [0.717, 1.165) is 17.8 Å². The van der Waals surface area contributed by atoms with Gasteiger partial charge in [0.05, 0.1) is 18.9 Å². The number of ether oxygens (including phenoxy) is 1. The minimum Gasteiger partial charge on any atom is -0.463 e. The molecule has 0 spiro atoms. The summed E-state index contributed by atoms with van der Waals surface area (Å²) >= 11 is 0. The Morgan fingerprint density at radius 1 is 1.25 bits per heavy atom. The first-order valence-electron chi connectivity index (χ1n) is 9.99. The lowest BCUT2D eigenvalue weighted by molar-refractivity contribution is -0.137. The van der Waals surface area contributed by atoms with Crippen molar-refractivity contribution in [3.63, 3.8) is 0 Å². The summed E-state index contributed by atoms with van der Waals surface area (Å²) in [5.41, 5.74) is 0.831. The number of halogens is 3. The molecular formula is C21H22F3N5O3. The Morgan fingerprint density at radius 2 is 2.06 bits per heavy atom. The van der Waals surface area contributed by atoms with Crippen LogP contribution in [0.3, 0.4) is 0 Å². The van der Waals surface area contributed by atoms with E-state index in [1.54, 1.807) is 18.3 Å². The molecule has 4 rings (SSSR count). The number of pyridine rings is 1. The highest BCUT2D eigenvalue weighted by molar-refractivity contribution is 5.86. The zero-order valence-electron chi connectivity index (χ0n) is 17.5. The second kappa shape index (κ2) is 8.65. The van der Waals surface area contributed by atoms with E-state index in [4.69, 9.17) is 4.42 Å². The Kier molecular flexibility index (Phi) is 5.92. The number of aromatic amines is 1. The molecule has 0 amide bonds. The number of furan rings is 1. The number of nitrogens with zero attached hydrogens (tertiary/aromatic N) is 4. The maximum atomic E-state index is 12.8. The molecule has 0 unspecified atom stereocenters. The van der Waals surface area contributed by atoms with Crippen molar-refractivity contribution in [3.8, 4) is 11.5 Å². The third-order valence-corrected chi connectivity index (χ3v) is 5.43. The lowest BCUT2D eigenvalue weighted by Crippen LogP contribution is -2.51. The molecule has 0 aliphatic carbocycles. The third kappa shape index (κ3) is 4.47. The van der Waals surface area contributed by atoms with E-state index >= 15 is 0 Å². The normalized spacial score (nSPS) is 17.5. The first-order valence-corrected chi connectivity index (χ1v) is 9.99. The second-order valence-electron chi connectivity index (χ2n) is 7.61. The van der Waals surface area contributed by atoms with Crippen molar-refractivity contribution in [2.24, 2.45) is 0 Å². The van der Waals surface area contributed by atoms with Gasteiger partial charge in [0.15, 0.2) is 5.76 Å². The summed E-state index contributed by atoms with van der Waals surface area (Å²) in [6, 6.07) is 5.76.